The Hall–Kier alpha value is -1.32. The van der Waals surface area contributed by atoms with Crippen molar-refractivity contribution in [3.05, 3.63) is 11.1 Å². The van der Waals surface area contributed by atoms with Gasteiger partial charge < -0.3 is 10.2 Å². The molecule has 0 aromatic rings. The molecule has 17 heavy (non-hydrogen) atoms. The SMILES string of the molecule is CC(C)CC(CC(C)C)=C(CC(=O)O)C(=O)O. The molecule has 0 spiro atoms. The topological polar surface area (TPSA) is 74.6 Å². The number of carboxylic acids is 2. The Morgan fingerprint density at radius 2 is 1.35 bits per heavy atom. The molecule has 0 saturated carbocycles. The lowest BCUT2D eigenvalue weighted by molar-refractivity contribution is -0.139. The molecule has 0 aromatic heterocycles. The van der Waals surface area contributed by atoms with Gasteiger partial charge in [0.1, 0.15) is 0 Å². The van der Waals surface area contributed by atoms with Crippen molar-refractivity contribution in [3.8, 4) is 0 Å². The van der Waals surface area contributed by atoms with Crippen LogP contribution in [0.4, 0.5) is 0 Å². The minimum absolute atomic E-state index is 0.0555. The average molecular weight is 242 g/mol. The number of rotatable bonds is 7. The van der Waals surface area contributed by atoms with Crippen molar-refractivity contribution >= 4 is 11.9 Å². The van der Waals surface area contributed by atoms with Crippen molar-refractivity contribution in [2.45, 2.75) is 47.0 Å². The van der Waals surface area contributed by atoms with Crippen molar-refractivity contribution in [1.82, 2.24) is 0 Å². The summed E-state index contributed by atoms with van der Waals surface area (Å²) in [6, 6.07) is 0. The van der Waals surface area contributed by atoms with Crippen molar-refractivity contribution in [1.29, 1.82) is 0 Å². The summed E-state index contributed by atoms with van der Waals surface area (Å²) in [5.41, 5.74) is 0.824. The van der Waals surface area contributed by atoms with E-state index in [1.807, 2.05) is 27.7 Å². The molecule has 0 heterocycles. The van der Waals surface area contributed by atoms with Crippen LogP contribution in [0.15, 0.2) is 11.1 Å². The quantitative estimate of drug-likeness (QED) is 0.673. The van der Waals surface area contributed by atoms with Gasteiger partial charge in [0.15, 0.2) is 0 Å². The van der Waals surface area contributed by atoms with Crippen LogP contribution in [0.5, 0.6) is 0 Å². The third-order valence-electron chi connectivity index (χ3n) is 2.32. The number of hydrogen-bond donors (Lipinski definition) is 2. The fraction of sp³-hybridized carbons (Fsp3) is 0.692. The monoisotopic (exact) mass is 242 g/mol. The first-order chi connectivity index (χ1) is 7.73. The number of allylic oxidation sites excluding steroid dienone is 1. The molecule has 0 fully saturated rings. The van der Waals surface area contributed by atoms with Crippen LogP contribution in [0, 0.1) is 11.8 Å². The fourth-order valence-corrected chi connectivity index (χ4v) is 1.82. The predicted octanol–water partition coefficient (Wildman–Crippen LogP) is 2.93. The van der Waals surface area contributed by atoms with Gasteiger partial charge >= 0.3 is 11.9 Å². The highest BCUT2D eigenvalue weighted by atomic mass is 16.4. The first-order valence-corrected chi connectivity index (χ1v) is 5.90. The first kappa shape index (κ1) is 15.7. The van der Waals surface area contributed by atoms with Crippen molar-refractivity contribution in [2.24, 2.45) is 11.8 Å². The summed E-state index contributed by atoms with van der Waals surface area (Å²) >= 11 is 0. The summed E-state index contributed by atoms with van der Waals surface area (Å²) in [6.45, 7) is 8.00. The van der Waals surface area contributed by atoms with Crippen LogP contribution in [-0.2, 0) is 9.59 Å². The summed E-state index contributed by atoms with van der Waals surface area (Å²) in [6.07, 6.45) is 0.893. The van der Waals surface area contributed by atoms with E-state index in [2.05, 4.69) is 0 Å². The van der Waals surface area contributed by atoms with Gasteiger partial charge in [0.25, 0.3) is 0 Å². The Morgan fingerprint density at radius 3 is 1.59 bits per heavy atom. The van der Waals surface area contributed by atoms with E-state index in [0.29, 0.717) is 24.7 Å². The molecule has 2 N–H and O–H groups in total. The average Bonchev–Trinajstić information content (AvgIpc) is 2.10. The lowest BCUT2D eigenvalue weighted by Gasteiger charge is -2.16. The zero-order valence-electron chi connectivity index (χ0n) is 11.0. The van der Waals surface area contributed by atoms with E-state index in [9.17, 15) is 9.59 Å². The van der Waals surface area contributed by atoms with Gasteiger partial charge in [-0.25, -0.2) is 4.79 Å². The normalized spacial score (nSPS) is 10.7. The smallest absolute Gasteiger partial charge is 0.332 e. The highest BCUT2D eigenvalue weighted by Gasteiger charge is 2.19. The fourth-order valence-electron chi connectivity index (χ4n) is 1.82. The molecular weight excluding hydrogens is 220 g/mol. The molecule has 0 atom stereocenters. The predicted molar refractivity (Wildman–Crippen MR) is 65.8 cm³/mol. The second kappa shape index (κ2) is 7.09. The van der Waals surface area contributed by atoms with E-state index in [1.165, 1.54) is 0 Å². The molecule has 4 heteroatoms. The minimum Gasteiger partial charge on any atom is -0.481 e. The zero-order chi connectivity index (χ0) is 13.6. The van der Waals surface area contributed by atoms with E-state index in [-0.39, 0.29) is 5.57 Å². The molecule has 0 amide bonds. The van der Waals surface area contributed by atoms with E-state index in [1.54, 1.807) is 0 Å². The maximum Gasteiger partial charge on any atom is 0.332 e. The Kier molecular flexibility index (Phi) is 6.54. The van der Waals surface area contributed by atoms with Gasteiger partial charge in [0.2, 0.25) is 0 Å². The molecule has 0 aromatic carbocycles. The molecule has 0 saturated heterocycles. The van der Waals surface area contributed by atoms with Crippen molar-refractivity contribution in [2.75, 3.05) is 0 Å². The molecule has 98 valence electrons. The lowest BCUT2D eigenvalue weighted by atomic mass is 9.90. The van der Waals surface area contributed by atoms with Crippen LogP contribution in [-0.4, -0.2) is 22.2 Å². The largest absolute Gasteiger partial charge is 0.481 e. The molecule has 0 aliphatic rings. The minimum atomic E-state index is -1.11. The van der Waals surface area contributed by atoms with Gasteiger partial charge in [0.05, 0.1) is 6.42 Å². The van der Waals surface area contributed by atoms with Gasteiger partial charge in [-0.05, 0) is 24.7 Å². The molecule has 0 aliphatic heterocycles. The second-order valence-corrected chi connectivity index (χ2v) is 5.15. The molecule has 0 bridgehead atoms. The highest BCUT2D eigenvalue weighted by Crippen LogP contribution is 2.24. The number of carboxylic acid groups (broad SMARTS) is 2. The molecule has 0 rings (SSSR count). The molecule has 4 nitrogen and oxygen atoms in total. The van der Waals surface area contributed by atoms with E-state index >= 15 is 0 Å². The van der Waals surface area contributed by atoms with Crippen LogP contribution < -0.4 is 0 Å². The maximum absolute atomic E-state index is 11.1. The first-order valence-electron chi connectivity index (χ1n) is 5.90. The summed E-state index contributed by atoms with van der Waals surface area (Å²) in [5.74, 6) is -1.55. The van der Waals surface area contributed by atoms with Crippen molar-refractivity contribution in [3.63, 3.8) is 0 Å². The number of hydrogen-bond acceptors (Lipinski definition) is 2. The Balaban J connectivity index is 5.21. The van der Waals surface area contributed by atoms with Gasteiger partial charge in [-0.1, -0.05) is 33.3 Å². The standard InChI is InChI=1S/C13H22O4/c1-8(2)5-10(6-9(3)4)11(13(16)17)7-12(14)15/h8-9H,5-7H2,1-4H3,(H,14,15)(H,16,17). The highest BCUT2D eigenvalue weighted by molar-refractivity contribution is 5.92. The lowest BCUT2D eigenvalue weighted by Crippen LogP contribution is -2.12. The summed E-state index contributed by atoms with van der Waals surface area (Å²) in [4.78, 5) is 21.8. The third-order valence-corrected chi connectivity index (χ3v) is 2.32. The van der Waals surface area contributed by atoms with Crippen LogP contribution in [0.2, 0.25) is 0 Å². The Bertz CT molecular complexity index is 301. The van der Waals surface area contributed by atoms with Gasteiger partial charge in [-0.15, -0.1) is 0 Å². The van der Waals surface area contributed by atoms with Crippen molar-refractivity contribution < 1.29 is 19.8 Å². The summed E-state index contributed by atoms with van der Waals surface area (Å²) < 4.78 is 0. The Morgan fingerprint density at radius 1 is 0.941 bits per heavy atom. The van der Waals surface area contributed by atoms with Crippen LogP contribution in [0.1, 0.15) is 47.0 Å². The zero-order valence-corrected chi connectivity index (χ0v) is 11.0. The van der Waals surface area contributed by atoms with E-state index in [0.717, 1.165) is 5.57 Å². The van der Waals surface area contributed by atoms with Gasteiger partial charge in [-0.2, -0.15) is 0 Å². The molecule has 0 radical (unpaired) electrons. The molecule has 0 unspecified atom stereocenters. The maximum atomic E-state index is 11.1. The summed E-state index contributed by atoms with van der Waals surface area (Å²) in [7, 11) is 0. The molecule has 0 aliphatic carbocycles. The molecular formula is C13H22O4. The van der Waals surface area contributed by atoms with Crippen LogP contribution >= 0.6 is 0 Å². The number of aliphatic carboxylic acids is 2. The van der Waals surface area contributed by atoms with E-state index < -0.39 is 18.4 Å². The van der Waals surface area contributed by atoms with Gasteiger partial charge in [-0.3, -0.25) is 4.79 Å². The Labute approximate surface area is 102 Å². The number of carbonyl (C=O) groups is 2. The second-order valence-electron chi connectivity index (χ2n) is 5.15. The van der Waals surface area contributed by atoms with Gasteiger partial charge in [0, 0.05) is 5.57 Å². The van der Waals surface area contributed by atoms with E-state index in [4.69, 9.17) is 10.2 Å². The van der Waals surface area contributed by atoms with Crippen LogP contribution in [0.3, 0.4) is 0 Å². The van der Waals surface area contributed by atoms with Crippen LogP contribution in [0.25, 0.3) is 0 Å². The third kappa shape index (κ3) is 6.76. The summed E-state index contributed by atoms with van der Waals surface area (Å²) in [5, 5.41) is 17.8.